The molecule has 0 spiro atoms. The molecule has 5 nitrogen and oxygen atoms in total. The number of halogens is 1. The molecule has 0 saturated carbocycles. The number of para-hydroxylation sites is 1. The number of carbonyl (C=O) groups is 1. The van der Waals surface area contributed by atoms with E-state index in [1.54, 1.807) is 19.1 Å². The van der Waals surface area contributed by atoms with Crippen molar-refractivity contribution in [1.29, 1.82) is 0 Å². The van der Waals surface area contributed by atoms with Crippen LogP contribution < -0.4 is 20.7 Å². The van der Waals surface area contributed by atoms with Gasteiger partial charge in [-0.3, -0.25) is 4.79 Å². The summed E-state index contributed by atoms with van der Waals surface area (Å²) in [6, 6.07) is 22.2. The summed E-state index contributed by atoms with van der Waals surface area (Å²) in [7, 11) is 0. The molecule has 3 aromatic rings. The second-order valence-corrected chi connectivity index (χ2v) is 7.43. The Morgan fingerprint density at radius 1 is 1.00 bits per heavy atom. The molecule has 0 saturated heterocycles. The lowest BCUT2D eigenvalue weighted by molar-refractivity contribution is -0.113. The summed E-state index contributed by atoms with van der Waals surface area (Å²) in [4.78, 5) is 13.1. The maximum absolute atomic E-state index is 13.5. The number of anilines is 1. The summed E-state index contributed by atoms with van der Waals surface area (Å²) in [6.07, 6.45) is 0. The number of hydrogen-bond acceptors (Lipinski definition) is 3. The van der Waals surface area contributed by atoms with E-state index >= 15 is 0 Å². The van der Waals surface area contributed by atoms with Crippen LogP contribution in [0.4, 0.5) is 10.1 Å². The van der Waals surface area contributed by atoms with E-state index in [1.807, 2.05) is 54.6 Å². The first kappa shape index (κ1) is 20.6. The third-order valence-corrected chi connectivity index (χ3v) is 4.99. The summed E-state index contributed by atoms with van der Waals surface area (Å²) in [5.41, 5.74) is 2.26. The number of nitrogens with one attached hydrogen (secondary N) is 3. The molecule has 0 fully saturated rings. The van der Waals surface area contributed by atoms with Gasteiger partial charge >= 0.3 is 0 Å². The third-order valence-electron chi connectivity index (χ3n) is 4.77. The molecule has 1 heterocycles. The van der Waals surface area contributed by atoms with Crippen LogP contribution in [0.5, 0.6) is 11.5 Å². The van der Waals surface area contributed by atoms with Crippen molar-refractivity contribution in [3.8, 4) is 11.5 Å². The predicted octanol–water partition coefficient (Wildman–Crippen LogP) is 5.05. The Morgan fingerprint density at radius 3 is 2.52 bits per heavy atom. The lowest BCUT2D eigenvalue weighted by atomic mass is 9.94. The molecular weight excluding hydrogens is 413 g/mol. The Labute approximate surface area is 184 Å². The van der Waals surface area contributed by atoms with Gasteiger partial charge in [0.05, 0.1) is 11.6 Å². The van der Waals surface area contributed by atoms with E-state index in [4.69, 9.17) is 17.0 Å². The molecule has 0 radical (unpaired) electrons. The topological polar surface area (TPSA) is 62.4 Å². The van der Waals surface area contributed by atoms with E-state index in [9.17, 15) is 9.18 Å². The van der Waals surface area contributed by atoms with Crippen LogP contribution in [0.25, 0.3) is 0 Å². The van der Waals surface area contributed by atoms with E-state index < -0.39 is 11.9 Å². The van der Waals surface area contributed by atoms with Gasteiger partial charge in [0, 0.05) is 11.4 Å². The van der Waals surface area contributed by atoms with Gasteiger partial charge < -0.3 is 20.7 Å². The van der Waals surface area contributed by atoms with Crippen molar-refractivity contribution in [3.05, 3.63) is 102 Å². The smallest absolute Gasteiger partial charge is 0.255 e. The number of benzene rings is 3. The van der Waals surface area contributed by atoms with E-state index in [0.717, 1.165) is 5.56 Å². The quantitative estimate of drug-likeness (QED) is 0.492. The molecule has 1 unspecified atom stereocenters. The number of thiocarbonyl (C=S) groups is 1. The Bertz CT molecular complexity index is 1160. The van der Waals surface area contributed by atoms with E-state index in [0.29, 0.717) is 33.6 Å². The molecule has 3 aromatic carbocycles. The lowest BCUT2D eigenvalue weighted by Gasteiger charge is -2.30. The van der Waals surface area contributed by atoms with E-state index in [1.165, 1.54) is 12.1 Å². The molecule has 1 amide bonds. The largest absolute Gasteiger partial charge is 0.457 e. The second-order valence-electron chi connectivity index (χ2n) is 7.02. The summed E-state index contributed by atoms with van der Waals surface area (Å²) >= 11 is 5.32. The van der Waals surface area contributed by atoms with Gasteiger partial charge in [0.2, 0.25) is 0 Å². The Morgan fingerprint density at radius 2 is 1.74 bits per heavy atom. The van der Waals surface area contributed by atoms with Crippen molar-refractivity contribution >= 4 is 28.9 Å². The minimum absolute atomic E-state index is 0.356. The highest BCUT2D eigenvalue weighted by atomic mass is 32.1. The van der Waals surface area contributed by atoms with Gasteiger partial charge in [-0.1, -0.05) is 36.4 Å². The molecule has 1 aliphatic rings. The first-order valence-corrected chi connectivity index (χ1v) is 10.1. The molecule has 0 aromatic heterocycles. The summed E-state index contributed by atoms with van der Waals surface area (Å²) < 4.78 is 19.5. The zero-order valence-electron chi connectivity index (χ0n) is 16.7. The third kappa shape index (κ3) is 4.90. The van der Waals surface area contributed by atoms with Gasteiger partial charge in [0.15, 0.2) is 5.11 Å². The maximum Gasteiger partial charge on any atom is 0.255 e. The van der Waals surface area contributed by atoms with Crippen LogP contribution in [-0.4, -0.2) is 11.0 Å². The number of amides is 1. The standard InChI is InChI=1S/C24H20FN3O2S/c1-15-21(23(29)27-18-9-6-8-17(25)14-18)22(28-24(31)26-15)16-7-5-12-20(13-16)30-19-10-3-2-4-11-19/h2-14,22H,1H3,(H,27,29)(H2,26,28,31). The molecule has 1 atom stereocenters. The molecule has 3 N–H and O–H groups in total. The number of ether oxygens (including phenoxy) is 1. The highest BCUT2D eigenvalue weighted by molar-refractivity contribution is 7.80. The molecule has 0 aliphatic carbocycles. The number of rotatable bonds is 5. The predicted molar refractivity (Wildman–Crippen MR) is 122 cm³/mol. The Kier molecular flexibility index (Phi) is 5.95. The SMILES string of the molecule is CC1=C(C(=O)Nc2cccc(F)c2)C(c2cccc(Oc3ccccc3)c2)NC(=S)N1. The average molecular weight is 434 g/mol. The molecule has 31 heavy (non-hydrogen) atoms. The first-order chi connectivity index (χ1) is 15.0. The Balaban J connectivity index is 1.64. The zero-order chi connectivity index (χ0) is 21.8. The zero-order valence-corrected chi connectivity index (χ0v) is 17.5. The van der Waals surface area contributed by atoms with Gasteiger partial charge in [-0.05, 0) is 67.2 Å². The van der Waals surface area contributed by atoms with Crippen molar-refractivity contribution in [2.24, 2.45) is 0 Å². The number of hydrogen-bond donors (Lipinski definition) is 3. The molecule has 0 bridgehead atoms. The van der Waals surface area contributed by atoms with Gasteiger partial charge in [-0.2, -0.15) is 0 Å². The summed E-state index contributed by atoms with van der Waals surface area (Å²) in [6.45, 7) is 1.78. The molecule has 156 valence electrons. The van der Waals surface area contributed by atoms with Crippen LogP contribution in [0.15, 0.2) is 90.1 Å². The van der Waals surface area contributed by atoms with Crippen molar-refractivity contribution in [2.75, 3.05) is 5.32 Å². The van der Waals surface area contributed by atoms with Gasteiger partial charge in [-0.25, -0.2) is 4.39 Å². The summed E-state index contributed by atoms with van der Waals surface area (Å²) in [5, 5.41) is 9.33. The monoisotopic (exact) mass is 433 g/mol. The van der Waals surface area contributed by atoms with Gasteiger partial charge in [0.25, 0.3) is 5.91 Å². The van der Waals surface area contributed by atoms with Crippen LogP contribution in [-0.2, 0) is 4.79 Å². The highest BCUT2D eigenvalue weighted by Crippen LogP contribution is 2.31. The number of carbonyl (C=O) groups excluding carboxylic acids is 1. The van der Waals surface area contributed by atoms with Crippen molar-refractivity contribution in [1.82, 2.24) is 10.6 Å². The van der Waals surface area contributed by atoms with Crippen molar-refractivity contribution in [3.63, 3.8) is 0 Å². The number of allylic oxidation sites excluding steroid dienone is 1. The molecule has 7 heteroatoms. The minimum Gasteiger partial charge on any atom is -0.457 e. The molecule has 4 rings (SSSR count). The molecule has 1 aliphatic heterocycles. The second kappa shape index (κ2) is 8.97. The normalized spacial score (nSPS) is 15.7. The van der Waals surface area contributed by atoms with Crippen molar-refractivity contribution in [2.45, 2.75) is 13.0 Å². The van der Waals surface area contributed by atoms with E-state index in [-0.39, 0.29) is 5.91 Å². The summed E-state index contributed by atoms with van der Waals surface area (Å²) in [5.74, 6) is 0.568. The van der Waals surface area contributed by atoms with Crippen LogP contribution in [0.3, 0.4) is 0 Å². The fraction of sp³-hybridized carbons (Fsp3) is 0.0833. The van der Waals surface area contributed by atoms with Crippen LogP contribution in [0.1, 0.15) is 18.5 Å². The van der Waals surface area contributed by atoms with Crippen LogP contribution >= 0.6 is 12.2 Å². The van der Waals surface area contributed by atoms with Gasteiger partial charge in [-0.15, -0.1) is 0 Å². The first-order valence-electron chi connectivity index (χ1n) is 9.67. The van der Waals surface area contributed by atoms with Gasteiger partial charge in [0.1, 0.15) is 17.3 Å². The van der Waals surface area contributed by atoms with E-state index in [2.05, 4.69) is 16.0 Å². The Hall–Kier alpha value is -3.71. The van der Waals surface area contributed by atoms with Crippen molar-refractivity contribution < 1.29 is 13.9 Å². The minimum atomic E-state index is -0.498. The maximum atomic E-state index is 13.5. The fourth-order valence-electron chi connectivity index (χ4n) is 3.39. The fourth-order valence-corrected chi connectivity index (χ4v) is 3.66. The van der Waals surface area contributed by atoms with Crippen LogP contribution in [0, 0.1) is 5.82 Å². The molecular formula is C24H20FN3O2S. The average Bonchev–Trinajstić information content (AvgIpc) is 2.74. The van der Waals surface area contributed by atoms with Crippen LogP contribution in [0.2, 0.25) is 0 Å². The lowest BCUT2D eigenvalue weighted by Crippen LogP contribution is -2.45. The highest BCUT2D eigenvalue weighted by Gasteiger charge is 2.30.